The van der Waals surface area contributed by atoms with Gasteiger partial charge in [-0.3, -0.25) is 0 Å². The number of tetrazole rings is 1. The van der Waals surface area contributed by atoms with Gasteiger partial charge in [-0.15, -0.1) is 5.10 Å². The van der Waals surface area contributed by atoms with E-state index in [-0.39, 0.29) is 0 Å². The molecule has 114 valence electrons. The Hall–Kier alpha value is -1.40. The Morgan fingerprint density at radius 2 is 2.10 bits per heavy atom. The largest absolute Gasteiger partial charge is 0.309 e. The lowest BCUT2D eigenvalue weighted by Crippen LogP contribution is -2.24. The van der Waals surface area contributed by atoms with Crippen LogP contribution in [0.15, 0.2) is 23.4 Å². The van der Waals surface area contributed by atoms with Crippen molar-refractivity contribution in [3.8, 4) is 0 Å². The molecule has 5 nitrogen and oxygen atoms in total. The molecule has 1 aromatic carbocycles. The molecule has 0 amide bonds. The Balaban J connectivity index is 2.09. The summed E-state index contributed by atoms with van der Waals surface area (Å²) >= 11 is 1.68. The number of nitrogens with one attached hydrogen (secondary N) is 1. The van der Waals surface area contributed by atoms with Crippen LogP contribution < -0.4 is 5.32 Å². The smallest absolute Gasteiger partial charge is 0.209 e. The van der Waals surface area contributed by atoms with Gasteiger partial charge in [0.1, 0.15) is 0 Å². The van der Waals surface area contributed by atoms with Gasteiger partial charge in [0, 0.05) is 18.8 Å². The van der Waals surface area contributed by atoms with Gasteiger partial charge in [-0.25, -0.2) is 4.68 Å². The molecule has 0 saturated carbocycles. The highest BCUT2D eigenvalue weighted by atomic mass is 32.2. The van der Waals surface area contributed by atoms with Crippen molar-refractivity contribution in [2.45, 2.75) is 38.4 Å². The van der Waals surface area contributed by atoms with E-state index in [0.29, 0.717) is 6.04 Å². The summed E-state index contributed by atoms with van der Waals surface area (Å²) in [5.74, 6) is 0.913. The zero-order valence-electron chi connectivity index (χ0n) is 13.1. The van der Waals surface area contributed by atoms with Gasteiger partial charge in [0.05, 0.1) is 0 Å². The molecule has 0 bridgehead atoms. The number of nitrogens with zero attached hydrogens (tertiary/aromatic N) is 4. The van der Waals surface area contributed by atoms with Crippen LogP contribution in [0.2, 0.25) is 0 Å². The highest BCUT2D eigenvalue weighted by Gasteiger charge is 2.14. The quantitative estimate of drug-likeness (QED) is 0.797. The first kappa shape index (κ1) is 16.0. The topological polar surface area (TPSA) is 55.6 Å². The number of hydrogen-bond acceptors (Lipinski definition) is 5. The van der Waals surface area contributed by atoms with E-state index >= 15 is 0 Å². The molecule has 1 atom stereocenters. The molecule has 2 aromatic rings. The maximum absolute atomic E-state index is 4.03. The van der Waals surface area contributed by atoms with Crippen LogP contribution in [0, 0.1) is 13.8 Å². The minimum atomic E-state index is 0.311. The first-order valence-corrected chi connectivity index (χ1v) is 8.26. The van der Waals surface area contributed by atoms with Gasteiger partial charge < -0.3 is 5.32 Å². The molecular weight excluding hydrogens is 282 g/mol. The Morgan fingerprint density at radius 3 is 2.71 bits per heavy atom. The summed E-state index contributed by atoms with van der Waals surface area (Å²) < 4.78 is 1.71. The van der Waals surface area contributed by atoms with Crippen LogP contribution in [0.3, 0.4) is 0 Å². The molecule has 0 fully saturated rings. The van der Waals surface area contributed by atoms with E-state index in [0.717, 1.165) is 23.9 Å². The van der Waals surface area contributed by atoms with Crippen LogP contribution in [0.5, 0.6) is 0 Å². The van der Waals surface area contributed by atoms with Crippen molar-refractivity contribution in [3.05, 3.63) is 34.9 Å². The third-order valence-corrected chi connectivity index (χ3v) is 4.64. The van der Waals surface area contributed by atoms with Crippen molar-refractivity contribution in [1.82, 2.24) is 25.5 Å². The fraction of sp³-hybridized carbons (Fsp3) is 0.533. The van der Waals surface area contributed by atoms with Crippen LogP contribution in [0.4, 0.5) is 0 Å². The van der Waals surface area contributed by atoms with Crippen molar-refractivity contribution in [3.63, 3.8) is 0 Å². The van der Waals surface area contributed by atoms with Crippen LogP contribution in [0.25, 0.3) is 0 Å². The van der Waals surface area contributed by atoms with E-state index in [1.807, 2.05) is 7.05 Å². The Bertz CT molecular complexity index is 581. The third-order valence-electron chi connectivity index (χ3n) is 3.53. The summed E-state index contributed by atoms with van der Waals surface area (Å²) in [5, 5.41) is 16.0. The molecule has 0 aliphatic heterocycles. The first-order valence-electron chi connectivity index (χ1n) is 7.27. The summed E-state index contributed by atoms with van der Waals surface area (Å²) in [5.41, 5.74) is 3.99. The van der Waals surface area contributed by atoms with Gasteiger partial charge in [0.15, 0.2) is 0 Å². The number of aromatic nitrogens is 4. The van der Waals surface area contributed by atoms with Crippen molar-refractivity contribution >= 4 is 11.8 Å². The molecule has 1 unspecified atom stereocenters. The van der Waals surface area contributed by atoms with Gasteiger partial charge in [0.25, 0.3) is 0 Å². The van der Waals surface area contributed by atoms with E-state index in [1.165, 1.54) is 16.7 Å². The fourth-order valence-corrected chi connectivity index (χ4v) is 3.02. The van der Waals surface area contributed by atoms with Crippen LogP contribution in [-0.4, -0.2) is 32.5 Å². The van der Waals surface area contributed by atoms with Gasteiger partial charge in [-0.05, 0) is 53.9 Å². The van der Waals surface area contributed by atoms with Crippen LogP contribution in [-0.2, 0) is 7.05 Å². The standard InChI is InChI=1S/C15H23N5S/c1-5-8-16-14(10-21-15-17-18-19-20(15)4)13-7-6-11(2)12(3)9-13/h6-7,9,14,16H,5,8,10H2,1-4H3. The normalized spacial score (nSPS) is 12.6. The predicted molar refractivity (Wildman–Crippen MR) is 86.5 cm³/mol. The molecule has 0 aliphatic rings. The van der Waals surface area contributed by atoms with E-state index in [4.69, 9.17) is 0 Å². The number of thioether (sulfide) groups is 1. The summed E-state index contributed by atoms with van der Waals surface area (Å²) in [6.07, 6.45) is 1.12. The number of rotatable bonds is 7. The first-order chi connectivity index (χ1) is 10.1. The maximum Gasteiger partial charge on any atom is 0.209 e. The van der Waals surface area contributed by atoms with Gasteiger partial charge in [-0.1, -0.05) is 36.9 Å². The molecule has 1 aromatic heterocycles. The molecule has 0 saturated heterocycles. The molecule has 21 heavy (non-hydrogen) atoms. The van der Waals surface area contributed by atoms with Crippen molar-refractivity contribution in [2.24, 2.45) is 7.05 Å². The summed E-state index contributed by atoms with van der Waals surface area (Å²) in [6.45, 7) is 7.50. The lowest BCUT2D eigenvalue weighted by Gasteiger charge is -2.19. The van der Waals surface area contributed by atoms with Gasteiger partial charge >= 0.3 is 0 Å². The third kappa shape index (κ3) is 4.28. The molecule has 6 heteroatoms. The molecule has 0 radical (unpaired) electrons. The van der Waals surface area contributed by atoms with Gasteiger partial charge in [0.2, 0.25) is 5.16 Å². The molecular formula is C15H23N5S. The molecule has 1 heterocycles. The second-order valence-corrected chi connectivity index (χ2v) is 6.23. The van der Waals surface area contributed by atoms with Crippen molar-refractivity contribution < 1.29 is 0 Å². The highest BCUT2D eigenvalue weighted by Crippen LogP contribution is 2.24. The van der Waals surface area contributed by atoms with Crippen LogP contribution in [0.1, 0.15) is 36.1 Å². The van der Waals surface area contributed by atoms with E-state index in [1.54, 1.807) is 16.4 Å². The number of benzene rings is 1. The van der Waals surface area contributed by atoms with E-state index < -0.39 is 0 Å². The molecule has 1 N–H and O–H groups in total. The summed E-state index contributed by atoms with van der Waals surface area (Å²) in [4.78, 5) is 0. The minimum Gasteiger partial charge on any atom is -0.309 e. The number of hydrogen-bond donors (Lipinski definition) is 1. The average molecular weight is 305 g/mol. The second-order valence-electron chi connectivity index (χ2n) is 5.25. The molecule has 0 aliphatic carbocycles. The second kappa shape index (κ2) is 7.56. The Kier molecular flexibility index (Phi) is 5.76. The SMILES string of the molecule is CCCNC(CSc1nnnn1C)c1ccc(C)c(C)c1. The minimum absolute atomic E-state index is 0.311. The monoisotopic (exact) mass is 305 g/mol. The fourth-order valence-electron chi connectivity index (χ4n) is 2.07. The zero-order valence-corrected chi connectivity index (χ0v) is 13.9. The summed E-state index contributed by atoms with van der Waals surface area (Å²) in [7, 11) is 1.87. The molecule has 0 spiro atoms. The number of aryl methyl sites for hydroxylation is 3. The van der Waals surface area contributed by atoms with Gasteiger partial charge in [-0.2, -0.15) is 0 Å². The van der Waals surface area contributed by atoms with Crippen LogP contribution >= 0.6 is 11.8 Å². The Labute approximate surface area is 130 Å². The van der Waals surface area contributed by atoms with E-state index in [9.17, 15) is 0 Å². The molecule has 2 rings (SSSR count). The zero-order chi connectivity index (χ0) is 15.2. The lowest BCUT2D eigenvalue weighted by atomic mass is 10.0. The van der Waals surface area contributed by atoms with Crippen molar-refractivity contribution in [2.75, 3.05) is 12.3 Å². The van der Waals surface area contributed by atoms with E-state index in [2.05, 4.69) is 59.8 Å². The maximum atomic E-state index is 4.03. The Morgan fingerprint density at radius 1 is 1.29 bits per heavy atom. The average Bonchev–Trinajstić information content (AvgIpc) is 2.88. The highest BCUT2D eigenvalue weighted by molar-refractivity contribution is 7.99. The summed E-state index contributed by atoms with van der Waals surface area (Å²) in [6, 6.07) is 6.99. The predicted octanol–water partition coefficient (Wildman–Crippen LogP) is 2.66. The lowest BCUT2D eigenvalue weighted by molar-refractivity contribution is 0.575. The van der Waals surface area contributed by atoms with Crippen molar-refractivity contribution in [1.29, 1.82) is 0 Å².